The quantitative estimate of drug-likeness (QED) is 0.755. The Balaban J connectivity index is 2.24. The summed E-state index contributed by atoms with van der Waals surface area (Å²) in [4.78, 5) is 14.0. The Hall–Kier alpha value is -2.09. The molecule has 1 amide bonds. The van der Waals surface area contributed by atoms with Crippen LogP contribution in [0.3, 0.4) is 0 Å². The van der Waals surface area contributed by atoms with Crippen LogP contribution in [-0.2, 0) is 10.0 Å². The maximum Gasteiger partial charge on any atom is 0.263 e. The van der Waals surface area contributed by atoms with Crippen LogP contribution >= 0.6 is 11.6 Å². The molecule has 0 aliphatic heterocycles. The molecule has 0 saturated heterocycles. The van der Waals surface area contributed by atoms with E-state index in [2.05, 4.69) is 10.0 Å². The van der Waals surface area contributed by atoms with Crippen LogP contribution in [-0.4, -0.2) is 46.4 Å². The SMILES string of the molecule is Cc1cccc(NS(=O)(=O)c2cc(C(=O)NCCN(C)C)ccc2Cl)c1. The fourth-order valence-electron chi connectivity index (χ4n) is 2.26. The number of amides is 1. The van der Waals surface area contributed by atoms with Crippen LogP contribution in [0.4, 0.5) is 5.69 Å². The van der Waals surface area contributed by atoms with Crippen LogP contribution in [0, 0.1) is 6.92 Å². The van der Waals surface area contributed by atoms with Crippen molar-refractivity contribution in [1.82, 2.24) is 10.2 Å². The van der Waals surface area contributed by atoms with E-state index < -0.39 is 10.0 Å². The van der Waals surface area contributed by atoms with Crippen LogP contribution in [0.2, 0.25) is 5.02 Å². The van der Waals surface area contributed by atoms with Gasteiger partial charge in [-0.05, 0) is 56.9 Å². The van der Waals surface area contributed by atoms with Gasteiger partial charge in [0, 0.05) is 24.3 Å². The molecule has 0 heterocycles. The lowest BCUT2D eigenvalue weighted by Crippen LogP contribution is -2.31. The van der Waals surface area contributed by atoms with E-state index in [1.54, 1.807) is 18.2 Å². The lowest BCUT2D eigenvalue weighted by atomic mass is 10.2. The molecule has 0 aliphatic carbocycles. The number of sulfonamides is 1. The third-order valence-corrected chi connectivity index (χ3v) is 5.46. The molecular weight excluding hydrogens is 374 g/mol. The van der Waals surface area contributed by atoms with Gasteiger partial charge in [0.05, 0.1) is 5.02 Å². The lowest BCUT2D eigenvalue weighted by molar-refractivity contribution is 0.0951. The number of likely N-dealkylation sites (N-methyl/N-ethyl adjacent to an activating group) is 1. The van der Waals surface area contributed by atoms with Gasteiger partial charge in [0.1, 0.15) is 4.90 Å². The standard InChI is InChI=1S/C18H22ClN3O3S/c1-13-5-4-6-15(11-13)21-26(24,25)17-12-14(7-8-16(17)19)18(23)20-9-10-22(2)3/h4-8,11-12,21H,9-10H2,1-3H3,(H,20,23). The van der Waals surface area contributed by atoms with Gasteiger partial charge < -0.3 is 10.2 Å². The second kappa shape index (κ2) is 8.53. The topological polar surface area (TPSA) is 78.5 Å². The summed E-state index contributed by atoms with van der Waals surface area (Å²) in [6.45, 7) is 3.00. The second-order valence-corrected chi connectivity index (χ2v) is 8.24. The summed E-state index contributed by atoms with van der Waals surface area (Å²) in [5.41, 5.74) is 1.59. The molecular formula is C18H22ClN3O3S. The molecule has 0 unspecified atom stereocenters. The predicted octanol–water partition coefficient (Wildman–Crippen LogP) is 2.74. The minimum absolute atomic E-state index is 0.0509. The van der Waals surface area contributed by atoms with Gasteiger partial charge in [0.2, 0.25) is 0 Å². The van der Waals surface area contributed by atoms with E-state index in [0.717, 1.165) is 5.56 Å². The van der Waals surface area contributed by atoms with Gasteiger partial charge in [0.15, 0.2) is 0 Å². The largest absolute Gasteiger partial charge is 0.351 e. The molecule has 26 heavy (non-hydrogen) atoms. The van der Waals surface area contributed by atoms with Crippen molar-refractivity contribution in [3.63, 3.8) is 0 Å². The Morgan fingerprint density at radius 1 is 1.15 bits per heavy atom. The molecule has 0 saturated carbocycles. The van der Waals surface area contributed by atoms with Crippen LogP contribution in [0.15, 0.2) is 47.4 Å². The first-order chi connectivity index (χ1) is 12.2. The van der Waals surface area contributed by atoms with E-state index in [0.29, 0.717) is 18.8 Å². The maximum absolute atomic E-state index is 12.7. The van der Waals surface area contributed by atoms with Crippen molar-refractivity contribution in [2.45, 2.75) is 11.8 Å². The van der Waals surface area contributed by atoms with Crippen molar-refractivity contribution in [3.8, 4) is 0 Å². The Morgan fingerprint density at radius 2 is 1.88 bits per heavy atom. The molecule has 0 atom stereocenters. The first kappa shape index (κ1) is 20.2. The lowest BCUT2D eigenvalue weighted by Gasteiger charge is -2.13. The molecule has 2 N–H and O–H groups in total. The second-order valence-electron chi connectivity index (χ2n) is 6.18. The minimum atomic E-state index is -3.92. The molecule has 2 aromatic rings. The van der Waals surface area contributed by atoms with Gasteiger partial charge in [0.25, 0.3) is 15.9 Å². The summed E-state index contributed by atoms with van der Waals surface area (Å²) in [5.74, 6) is -0.351. The fourth-order valence-corrected chi connectivity index (χ4v) is 3.84. The van der Waals surface area contributed by atoms with E-state index in [-0.39, 0.29) is 21.4 Å². The number of hydrogen-bond acceptors (Lipinski definition) is 4. The van der Waals surface area contributed by atoms with Gasteiger partial charge in [-0.25, -0.2) is 8.42 Å². The zero-order valence-corrected chi connectivity index (χ0v) is 16.5. The molecule has 0 aromatic heterocycles. The number of hydrogen-bond donors (Lipinski definition) is 2. The van der Waals surface area contributed by atoms with Gasteiger partial charge in [-0.2, -0.15) is 0 Å². The molecule has 0 spiro atoms. The normalized spacial score (nSPS) is 11.4. The molecule has 2 aromatic carbocycles. The van der Waals surface area contributed by atoms with Crippen LogP contribution in [0.5, 0.6) is 0 Å². The number of rotatable bonds is 7. The third-order valence-electron chi connectivity index (χ3n) is 3.60. The molecule has 140 valence electrons. The van der Waals surface area contributed by atoms with Gasteiger partial charge >= 0.3 is 0 Å². The average Bonchev–Trinajstić information content (AvgIpc) is 2.54. The number of nitrogens with one attached hydrogen (secondary N) is 2. The van der Waals surface area contributed by atoms with Crippen LogP contribution in [0.25, 0.3) is 0 Å². The van der Waals surface area contributed by atoms with E-state index in [4.69, 9.17) is 11.6 Å². The first-order valence-corrected chi connectivity index (χ1v) is 9.87. The monoisotopic (exact) mass is 395 g/mol. The Bertz CT molecular complexity index is 898. The van der Waals surface area contributed by atoms with Crippen LogP contribution < -0.4 is 10.0 Å². The number of anilines is 1. The molecule has 0 bridgehead atoms. The van der Waals surface area contributed by atoms with E-state index in [1.807, 2.05) is 32.0 Å². The third kappa shape index (κ3) is 5.45. The minimum Gasteiger partial charge on any atom is -0.351 e. The zero-order valence-electron chi connectivity index (χ0n) is 14.9. The smallest absolute Gasteiger partial charge is 0.263 e. The first-order valence-electron chi connectivity index (χ1n) is 8.01. The van der Waals surface area contributed by atoms with Gasteiger partial charge in [-0.15, -0.1) is 0 Å². The van der Waals surface area contributed by atoms with Crippen molar-refractivity contribution < 1.29 is 13.2 Å². The van der Waals surface area contributed by atoms with E-state index in [1.165, 1.54) is 18.2 Å². The number of nitrogens with zero attached hydrogens (tertiary/aromatic N) is 1. The number of aryl methyl sites for hydroxylation is 1. The van der Waals surface area contributed by atoms with Crippen molar-refractivity contribution in [1.29, 1.82) is 0 Å². The summed E-state index contributed by atoms with van der Waals surface area (Å²) in [6.07, 6.45) is 0. The molecule has 8 heteroatoms. The maximum atomic E-state index is 12.7. The summed E-state index contributed by atoms with van der Waals surface area (Å²) < 4.78 is 27.8. The molecule has 0 radical (unpaired) electrons. The van der Waals surface area contributed by atoms with Crippen molar-refractivity contribution >= 4 is 33.2 Å². The predicted molar refractivity (Wildman–Crippen MR) is 104 cm³/mol. The summed E-state index contributed by atoms with van der Waals surface area (Å²) in [6, 6.07) is 11.2. The molecule has 6 nitrogen and oxygen atoms in total. The Morgan fingerprint density at radius 3 is 2.54 bits per heavy atom. The Kier molecular flexibility index (Phi) is 6.63. The fraction of sp³-hybridized carbons (Fsp3) is 0.278. The highest BCUT2D eigenvalue weighted by molar-refractivity contribution is 7.92. The number of carbonyl (C=O) groups is 1. The highest BCUT2D eigenvalue weighted by Gasteiger charge is 2.20. The number of halogens is 1. The van der Waals surface area contributed by atoms with E-state index in [9.17, 15) is 13.2 Å². The summed E-state index contributed by atoms with van der Waals surface area (Å²) in [7, 11) is -0.123. The van der Waals surface area contributed by atoms with Crippen molar-refractivity contribution in [2.75, 3.05) is 31.9 Å². The van der Waals surface area contributed by atoms with Crippen molar-refractivity contribution in [2.24, 2.45) is 0 Å². The zero-order chi connectivity index (χ0) is 19.3. The number of carbonyl (C=O) groups excluding carboxylic acids is 1. The van der Waals surface area contributed by atoms with Crippen molar-refractivity contribution in [3.05, 3.63) is 58.6 Å². The summed E-state index contributed by atoms with van der Waals surface area (Å²) >= 11 is 6.07. The Labute approximate surface area is 159 Å². The molecule has 0 aliphatic rings. The summed E-state index contributed by atoms with van der Waals surface area (Å²) in [5, 5.41) is 2.80. The highest BCUT2D eigenvalue weighted by atomic mass is 35.5. The van der Waals surface area contributed by atoms with Gasteiger partial charge in [-0.1, -0.05) is 23.7 Å². The average molecular weight is 396 g/mol. The van der Waals surface area contributed by atoms with Crippen LogP contribution in [0.1, 0.15) is 15.9 Å². The van der Waals surface area contributed by atoms with E-state index >= 15 is 0 Å². The highest BCUT2D eigenvalue weighted by Crippen LogP contribution is 2.25. The van der Waals surface area contributed by atoms with Gasteiger partial charge in [-0.3, -0.25) is 9.52 Å². The molecule has 2 rings (SSSR count). The molecule has 0 fully saturated rings. The number of benzene rings is 2.